The third-order valence-electron chi connectivity index (χ3n) is 4.60. The summed E-state index contributed by atoms with van der Waals surface area (Å²) in [6, 6.07) is 14.5. The van der Waals surface area contributed by atoms with E-state index in [1.807, 2.05) is 24.3 Å². The first-order valence-corrected chi connectivity index (χ1v) is 10.6. The molecule has 0 saturated heterocycles. The molecule has 0 unspecified atom stereocenters. The predicted octanol–water partition coefficient (Wildman–Crippen LogP) is 4.87. The maximum atomic E-state index is 12.9. The highest BCUT2D eigenvalue weighted by atomic mass is 35.5. The van der Waals surface area contributed by atoms with Crippen LogP contribution in [-0.4, -0.2) is 31.0 Å². The van der Waals surface area contributed by atoms with Crippen LogP contribution in [0.5, 0.6) is 0 Å². The van der Waals surface area contributed by atoms with Gasteiger partial charge in [0.05, 0.1) is 6.20 Å². The van der Waals surface area contributed by atoms with Crippen LogP contribution in [0.25, 0.3) is 27.9 Å². The Bertz CT molecular complexity index is 1350. The van der Waals surface area contributed by atoms with E-state index < -0.39 is 17.3 Å². The molecular formula is C23H20Cl2N4O3. The lowest BCUT2D eigenvalue weighted by Gasteiger charge is -2.19. The summed E-state index contributed by atoms with van der Waals surface area (Å²) in [7, 11) is 0. The minimum Gasteiger partial charge on any atom is -0.459 e. The molecule has 0 radical (unpaired) electrons. The molecule has 164 valence electrons. The fraction of sp³-hybridized carbons (Fsp3) is 0.217. The SMILES string of the molecule is CC(C)(C)OC(=O)Cn1nc2c(-c3ccc(Cl)cc3)c(-c3ccc(Cl)cc3)cnn2c1=O. The number of carbonyl (C=O) groups is 1. The molecule has 7 nitrogen and oxygen atoms in total. The summed E-state index contributed by atoms with van der Waals surface area (Å²) in [6.45, 7) is 4.96. The van der Waals surface area contributed by atoms with Crippen molar-refractivity contribution in [2.75, 3.05) is 0 Å². The third kappa shape index (κ3) is 4.54. The van der Waals surface area contributed by atoms with Gasteiger partial charge in [0.2, 0.25) is 0 Å². The highest BCUT2D eigenvalue weighted by Crippen LogP contribution is 2.34. The van der Waals surface area contributed by atoms with Gasteiger partial charge in [-0.2, -0.15) is 14.3 Å². The molecule has 4 aromatic rings. The largest absolute Gasteiger partial charge is 0.459 e. The van der Waals surface area contributed by atoms with Gasteiger partial charge in [-0.05, 0) is 56.2 Å². The van der Waals surface area contributed by atoms with Crippen molar-refractivity contribution in [3.8, 4) is 22.3 Å². The Morgan fingerprint density at radius 1 is 0.969 bits per heavy atom. The Labute approximate surface area is 194 Å². The van der Waals surface area contributed by atoms with Crippen LogP contribution >= 0.6 is 23.2 Å². The Kier molecular flexibility index (Phi) is 5.79. The van der Waals surface area contributed by atoms with Crippen LogP contribution in [0.2, 0.25) is 10.0 Å². The second kappa shape index (κ2) is 8.41. The van der Waals surface area contributed by atoms with E-state index in [0.29, 0.717) is 21.3 Å². The number of ether oxygens (including phenoxy) is 1. The number of fused-ring (bicyclic) bond motifs is 1. The predicted molar refractivity (Wildman–Crippen MR) is 124 cm³/mol. The van der Waals surface area contributed by atoms with Crippen molar-refractivity contribution in [3.05, 3.63) is 75.3 Å². The summed E-state index contributed by atoms with van der Waals surface area (Å²) in [5.41, 5.74) is 2.18. The second-order valence-electron chi connectivity index (χ2n) is 8.21. The van der Waals surface area contributed by atoms with Crippen LogP contribution < -0.4 is 5.69 Å². The maximum absolute atomic E-state index is 12.9. The van der Waals surface area contributed by atoms with Crippen LogP contribution in [0.1, 0.15) is 20.8 Å². The number of halogens is 2. The Hall–Kier alpha value is -3.16. The van der Waals surface area contributed by atoms with E-state index >= 15 is 0 Å². The molecule has 0 saturated carbocycles. The molecule has 0 fully saturated rings. The van der Waals surface area contributed by atoms with Crippen LogP contribution in [-0.2, 0) is 16.1 Å². The van der Waals surface area contributed by atoms with Gasteiger partial charge in [0.25, 0.3) is 0 Å². The topological polar surface area (TPSA) is 78.5 Å². The highest BCUT2D eigenvalue weighted by molar-refractivity contribution is 6.31. The van der Waals surface area contributed by atoms with Gasteiger partial charge < -0.3 is 4.74 Å². The zero-order chi connectivity index (χ0) is 23.0. The van der Waals surface area contributed by atoms with Crippen molar-refractivity contribution >= 4 is 34.8 Å². The minimum atomic E-state index is -0.672. The Balaban J connectivity index is 1.91. The van der Waals surface area contributed by atoms with E-state index in [1.165, 1.54) is 4.52 Å². The zero-order valence-corrected chi connectivity index (χ0v) is 19.2. The van der Waals surface area contributed by atoms with E-state index in [1.54, 1.807) is 51.2 Å². The lowest BCUT2D eigenvalue weighted by atomic mass is 9.97. The van der Waals surface area contributed by atoms with Crippen LogP contribution in [0, 0.1) is 0 Å². The Morgan fingerprint density at radius 2 is 1.53 bits per heavy atom. The molecule has 2 heterocycles. The molecule has 32 heavy (non-hydrogen) atoms. The molecule has 0 aliphatic carbocycles. The summed E-state index contributed by atoms with van der Waals surface area (Å²) in [6.07, 6.45) is 1.60. The van der Waals surface area contributed by atoms with Crippen molar-refractivity contribution in [2.24, 2.45) is 0 Å². The minimum absolute atomic E-state index is 0.313. The summed E-state index contributed by atoms with van der Waals surface area (Å²) in [4.78, 5) is 25.2. The first-order chi connectivity index (χ1) is 15.1. The molecule has 4 rings (SSSR count). The smallest absolute Gasteiger partial charge is 0.367 e. The average Bonchev–Trinajstić information content (AvgIpc) is 3.03. The molecule has 0 atom stereocenters. The van der Waals surface area contributed by atoms with Gasteiger partial charge in [-0.3, -0.25) is 4.79 Å². The Morgan fingerprint density at radius 3 is 2.09 bits per heavy atom. The van der Waals surface area contributed by atoms with Crippen LogP contribution in [0.15, 0.2) is 59.5 Å². The van der Waals surface area contributed by atoms with Gasteiger partial charge in [-0.1, -0.05) is 47.5 Å². The second-order valence-corrected chi connectivity index (χ2v) is 9.08. The summed E-state index contributed by atoms with van der Waals surface area (Å²) in [5.74, 6) is -0.561. The van der Waals surface area contributed by atoms with E-state index in [-0.39, 0.29) is 6.54 Å². The molecule has 9 heteroatoms. The van der Waals surface area contributed by atoms with E-state index in [2.05, 4.69) is 10.2 Å². The van der Waals surface area contributed by atoms with Gasteiger partial charge in [0.1, 0.15) is 12.1 Å². The van der Waals surface area contributed by atoms with Crippen molar-refractivity contribution in [3.63, 3.8) is 0 Å². The van der Waals surface area contributed by atoms with Crippen molar-refractivity contribution in [1.82, 2.24) is 19.4 Å². The molecule has 0 bridgehead atoms. The van der Waals surface area contributed by atoms with Gasteiger partial charge in [-0.25, -0.2) is 4.79 Å². The molecule has 0 aliphatic heterocycles. The number of aromatic nitrogens is 4. The summed E-state index contributed by atoms with van der Waals surface area (Å²) >= 11 is 12.1. The molecule has 0 aliphatic rings. The van der Waals surface area contributed by atoms with Crippen molar-refractivity contribution < 1.29 is 9.53 Å². The number of benzene rings is 2. The van der Waals surface area contributed by atoms with Crippen LogP contribution in [0.4, 0.5) is 0 Å². The molecular weight excluding hydrogens is 451 g/mol. The highest BCUT2D eigenvalue weighted by Gasteiger charge is 2.22. The number of rotatable bonds is 4. The monoisotopic (exact) mass is 470 g/mol. The number of hydrogen-bond donors (Lipinski definition) is 0. The first kappa shape index (κ1) is 22.0. The van der Waals surface area contributed by atoms with Gasteiger partial charge in [-0.15, -0.1) is 5.10 Å². The van der Waals surface area contributed by atoms with E-state index in [9.17, 15) is 9.59 Å². The number of esters is 1. The molecule has 0 N–H and O–H groups in total. The fourth-order valence-corrected chi connectivity index (χ4v) is 3.56. The average molecular weight is 471 g/mol. The van der Waals surface area contributed by atoms with E-state index in [0.717, 1.165) is 21.4 Å². The standard InChI is InChI=1S/C23H20Cl2N4O3/c1-23(2,3)32-19(30)13-28-22(31)29-21(27-28)20(15-6-10-17(25)11-7-15)18(12-26-29)14-4-8-16(24)9-5-14/h4-12H,13H2,1-3H3. The van der Waals surface area contributed by atoms with Crippen LogP contribution in [0.3, 0.4) is 0 Å². The fourth-order valence-electron chi connectivity index (χ4n) is 3.31. The van der Waals surface area contributed by atoms with Gasteiger partial charge in [0.15, 0.2) is 5.65 Å². The first-order valence-electron chi connectivity index (χ1n) is 9.85. The molecule has 2 aromatic carbocycles. The normalized spacial score (nSPS) is 11.7. The van der Waals surface area contributed by atoms with Crippen molar-refractivity contribution in [2.45, 2.75) is 32.9 Å². The summed E-state index contributed by atoms with van der Waals surface area (Å²) < 4.78 is 7.56. The zero-order valence-electron chi connectivity index (χ0n) is 17.7. The number of carbonyl (C=O) groups excluding carboxylic acids is 1. The summed E-state index contributed by atoms with van der Waals surface area (Å²) in [5, 5.41) is 9.91. The van der Waals surface area contributed by atoms with E-state index in [4.69, 9.17) is 27.9 Å². The number of nitrogens with zero attached hydrogens (tertiary/aromatic N) is 4. The lowest BCUT2D eigenvalue weighted by molar-refractivity contribution is -0.155. The third-order valence-corrected chi connectivity index (χ3v) is 5.10. The molecule has 0 amide bonds. The van der Waals surface area contributed by atoms with Crippen molar-refractivity contribution in [1.29, 1.82) is 0 Å². The van der Waals surface area contributed by atoms with Gasteiger partial charge >= 0.3 is 11.7 Å². The lowest BCUT2D eigenvalue weighted by Crippen LogP contribution is -2.31. The van der Waals surface area contributed by atoms with Gasteiger partial charge in [0, 0.05) is 21.2 Å². The molecule has 2 aromatic heterocycles. The molecule has 0 spiro atoms. The maximum Gasteiger partial charge on any atom is 0.367 e. The number of hydrogen-bond acceptors (Lipinski definition) is 5. The quantitative estimate of drug-likeness (QED) is 0.397.